The molecule has 0 unspecified atom stereocenters. The summed E-state index contributed by atoms with van der Waals surface area (Å²) < 4.78 is 25.8. The fourth-order valence-corrected chi connectivity index (χ4v) is 1.45. The van der Waals surface area contributed by atoms with Crippen molar-refractivity contribution < 1.29 is 13.6 Å². The minimum atomic E-state index is -2.50. The quantitative estimate of drug-likeness (QED) is 0.754. The van der Waals surface area contributed by atoms with E-state index in [1.165, 1.54) is 7.05 Å². The van der Waals surface area contributed by atoms with Gasteiger partial charge in [0.15, 0.2) is 0 Å². The standard InChI is InChI=1S/C10H14F2N2O/c1-7-4-5-13(2)9(7)10(15)14(3)6-8(11)12/h4-5,8H,6H2,1-3H3. The van der Waals surface area contributed by atoms with E-state index in [1.807, 2.05) is 0 Å². The molecule has 0 radical (unpaired) electrons. The maximum atomic E-state index is 12.1. The van der Waals surface area contributed by atoms with Gasteiger partial charge in [-0.2, -0.15) is 0 Å². The molecule has 0 fully saturated rings. The molecular weight excluding hydrogens is 202 g/mol. The summed E-state index contributed by atoms with van der Waals surface area (Å²) in [5, 5.41) is 0. The zero-order valence-electron chi connectivity index (χ0n) is 9.00. The molecule has 84 valence electrons. The van der Waals surface area contributed by atoms with Crippen LogP contribution >= 0.6 is 0 Å². The van der Waals surface area contributed by atoms with Crippen LogP contribution in [0.5, 0.6) is 0 Å². The first-order chi connectivity index (χ1) is 6.93. The van der Waals surface area contributed by atoms with Crippen LogP contribution in [0.15, 0.2) is 12.3 Å². The van der Waals surface area contributed by atoms with Crippen LogP contribution in [0.1, 0.15) is 16.1 Å². The van der Waals surface area contributed by atoms with Gasteiger partial charge in [-0.15, -0.1) is 0 Å². The second-order valence-corrected chi connectivity index (χ2v) is 3.54. The maximum absolute atomic E-state index is 12.1. The molecule has 0 aliphatic carbocycles. The van der Waals surface area contributed by atoms with Crippen molar-refractivity contribution in [3.8, 4) is 0 Å². The Morgan fingerprint density at radius 2 is 2.20 bits per heavy atom. The van der Waals surface area contributed by atoms with Crippen molar-refractivity contribution in [2.45, 2.75) is 13.3 Å². The summed E-state index contributed by atoms with van der Waals surface area (Å²) in [6.07, 6.45) is -0.766. The molecule has 0 bridgehead atoms. The smallest absolute Gasteiger partial charge is 0.270 e. The third-order valence-electron chi connectivity index (χ3n) is 2.24. The summed E-state index contributed by atoms with van der Waals surface area (Å²) >= 11 is 0. The van der Waals surface area contributed by atoms with Crippen molar-refractivity contribution in [3.63, 3.8) is 0 Å². The first-order valence-corrected chi connectivity index (χ1v) is 4.59. The number of alkyl halides is 2. The fraction of sp³-hybridized carbons (Fsp3) is 0.500. The number of amides is 1. The molecule has 0 saturated carbocycles. The lowest BCUT2D eigenvalue weighted by Gasteiger charge is -2.17. The van der Waals surface area contributed by atoms with Crippen LogP contribution in [0.4, 0.5) is 8.78 Å². The summed E-state index contributed by atoms with van der Waals surface area (Å²) in [4.78, 5) is 12.8. The minimum absolute atomic E-state index is 0.375. The predicted octanol–water partition coefficient (Wildman–Crippen LogP) is 1.67. The maximum Gasteiger partial charge on any atom is 0.270 e. The van der Waals surface area contributed by atoms with Gasteiger partial charge in [-0.25, -0.2) is 8.78 Å². The van der Waals surface area contributed by atoms with E-state index < -0.39 is 13.0 Å². The number of halogens is 2. The van der Waals surface area contributed by atoms with Gasteiger partial charge in [-0.1, -0.05) is 0 Å². The summed E-state index contributed by atoms with van der Waals surface area (Å²) in [5.41, 5.74) is 1.25. The first kappa shape index (κ1) is 11.7. The molecule has 0 saturated heterocycles. The van der Waals surface area contributed by atoms with Gasteiger partial charge < -0.3 is 9.47 Å². The van der Waals surface area contributed by atoms with Crippen LogP contribution in [0, 0.1) is 6.92 Å². The number of carbonyl (C=O) groups excluding carboxylic acids is 1. The second-order valence-electron chi connectivity index (χ2n) is 3.54. The van der Waals surface area contributed by atoms with Crippen LogP contribution < -0.4 is 0 Å². The van der Waals surface area contributed by atoms with Crippen molar-refractivity contribution in [3.05, 3.63) is 23.5 Å². The van der Waals surface area contributed by atoms with Crippen molar-refractivity contribution in [2.75, 3.05) is 13.6 Å². The average Bonchev–Trinajstić information content (AvgIpc) is 2.44. The molecule has 0 aliphatic rings. The third-order valence-corrected chi connectivity index (χ3v) is 2.24. The van der Waals surface area contributed by atoms with Crippen molar-refractivity contribution in [1.82, 2.24) is 9.47 Å². The van der Waals surface area contributed by atoms with Crippen LogP contribution in [-0.2, 0) is 7.05 Å². The highest BCUT2D eigenvalue weighted by Gasteiger charge is 2.19. The molecule has 5 heteroatoms. The number of aryl methyl sites for hydroxylation is 2. The number of hydrogen-bond donors (Lipinski definition) is 0. The van der Waals surface area contributed by atoms with Gasteiger partial charge in [-0.3, -0.25) is 4.79 Å². The molecule has 0 atom stereocenters. The minimum Gasteiger partial charge on any atom is -0.346 e. The Bertz CT molecular complexity index is 341. The van der Waals surface area contributed by atoms with E-state index in [4.69, 9.17) is 0 Å². The Labute approximate surface area is 87.3 Å². The average molecular weight is 216 g/mol. The molecule has 0 aliphatic heterocycles. The third kappa shape index (κ3) is 2.55. The van der Waals surface area contributed by atoms with Gasteiger partial charge in [-0.05, 0) is 18.6 Å². The molecule has 1 heterocycles. The summed E-state index contributed by atoms with van der Waals surface area (Å²) in [6, 6.07) is 1.78. The Kier molecular flexibility index (Phi) is 3.44. The van der Waals surface area contributed by atoms with E-state index in [0.29, 0.717) is 5.69 Å². The van der Waals surface area contributed by atoms with E-state index in [1.54, 1.807) is 30.8 Å². The van der Waals surface area contributed by atoms with Crippen molar-refractivity contribution in [1.29, 1.82) is 0 Å². The lowest BCUT2D eigenvalue weighted by atomic mass is 10.2. The van der Waals surface area contributed by atoms with Gasteiger partial charge in [0.1, 0.15) is 5.69 Å². The van der Waals surface area contributed by atoms with Crippen LogP contribution in [0.2, 0.25) is 0 Å². The Hall–Kier alpha value is -1.39. The SMILES string of the molecule is Cc1ccn(C)c1C(=O)N(C)CC(F)F. The summed E-state index contributed by atoms with van der Waals surface area (Å²) in [6.45, 7) is 1.24. The lowest BCUT2D eigenvalue weighted by molar-refractivity contribution is 0.0611. The van der Waals surface area contributed by atoms with Crippen molar-refractivity contribution in [2.24, 2.45) is 7.05 Å². The molecule has 0 aromatic carbocycles. The van der Waals surface area contributed by atoms with E-state index in [2.05, 4.69) is 0 Å². The number of hydrogen-bond acceptors (Lipinski definition) is 1. The van der Waals surface area contributed by atoms with E-state index in [0.717, 1.165) is 10.5 Å². The van der Waals surface area contributed by atoms with Gasteiger partial charge in [0.05, 0.1) is 6.54 Å². The molecular formula is C10H14F2N2O. The zero-order chi connectivity index (χ0) is 11.6. The lowest BCUT2D eigenvalue weighted by Crippen LogP contribution is -2.32. The van der Waals surface area contributed by atoms with E-state index >= 15 is 0 Å². The highest BCUT2D eigenvalue weighted by molar-refractivity contribution is 5.94. The van der Waals surface area contributed by atoms with Crippen molar-refractivity contribution >= 4 is 5.91 Å². The molecule has 1 aromatic rings. The summed E-state index contributed by atoms with van der Waals surface area (Å²) in [7, 11) is 3.09. The normalized spacial score (nSPS) is 10.8. The van der Waals surface area contributed by atoms with E-state index in [9.17, 15) is 13.6 Å². The highest BCUT2D eigenvalue weighted by Crippen LogP contribution is 2.11. The highest BCUT2D eigenvalue weighted by atomic mass is 19.3. The van der Waals surface area contributed by atoms with Gasteiger partial charge >= 0.3 is 0 Å². The topological polar surface area (TPSA) is 25.2 Å². The number of aromatic nitrogens is 1. The van der Waals surface area contributed by atoms with Gasteiger partial charge in [0, 0.05) is 20.3 Å². The fourth-order valence-electron chi connectivity index (χ4n) is 1.45. The molecule has 15 heavy (non-hydrogen) atoms. The molecule has 1 amide bonds. The Morgan fingerprint density at radius 1 is 1.60 bits per heavy atom. The largest absolute Gasteiger partial charge is 0.346 e. The molecule has 0 N–H and O–H groups in total. The van der Waals surface area contributed by atoms with Crippen LogP contribution in [0.25, 0.3) is 0 Å². The van der Waals surface area contributed by atoms with Gasteiger partial charge in [0.2, 0.25) is 0 Å². The molecule has 1 aromatic heterocycles. The predicted molar refractivity (Wildman–Crippen MR) is 53.1 cm³/mol. The van der Waals surface area contributed by atoms with Crippen LogP contribution in [0.3, 0.4) is 0 Å². The Morgan fingerprint density at radius 3 is 2.60 bits per heavy atom. The number of rotatable bonds is 3. The zero-order valence-corrected chi connectivity index (χ0v) is 9.00. The second kappa shape index (κ2) is 4.42. The first-order valence-electron chi connectivity index (χ1n) is 4.59. The Balaban J connectivity index is 2.85. The number of carbonyl (C=O) groups is 1. The molecule has 1 rings (SSSR count). The monoisotopic (exact) mass is 216 g/mol. The van der Waals surface area contributed by atoms with E-state index in [-0.39, 0.29) is 5.91 Å². The summed E-state index contributed by atoms with van der Waals surface area (Å²) in [5.74, 6) is -0.375. The molecule has 3 nitrogen and oxygen atoms in total. The molecule has 0 spiro atoms. The number of nitrogens with zero attached hydrogens (tertiary/aromatic N) is 2. The van der Waals surface area contributed by atoms with Gasteiger partial charge in [0.25, 0.3) is 12.3 Å². The van der Waals surface area contributed by atoms with Crippen LogP contribution in [-0.4, -0.2) is 35.4 Å².